The number of hydrogen-bond acceptors (Lipinski definition) is 3. The third-order valence-corrected chi connectivity index (χ3v) is 3.11. The van der Waals surface area contributed by atoms with Gasteiger partial charge in [-0.25, -0.2) is 8.78 Å². The Morgan fingerprint density at radius 2 is 1.73 bits per heavy atom. The number of carbonyl (C=O) groups excluding carboxylic acids is 1. The van der Waals surface area contributed by atoms with Crippen molar-refractivity contribution in [3.05, 3.63) is 65.7 Å². The number of halogens is 2. The van der Waals surface area contributed by atoms with Crippen LogP contribution in [0.25, 0.3) is 0 Å². The van der Waals surface area contributed by atoms with Crippen molar-refractivity contribution in [1.29, 1.82) is 0 Å². The molecule has 0 aliphatic heterocycles. The van der Waals surface area contributed by atoms with Crippen LogP contribution in [0.2, 0.25) is 0 Å². The Labute approximate surface area is 126 Å². The van der Waals surface area contributed by atoms with Gasteiger partial charge >= 0.3 is 0 Å². The molecular formula is C16H16F2N2O2. The molecule has 0 fully saturated rings. The molecule has 6 heteroatoms. The Bertz CT molecular complexity index is 640. The molecule has 1 unspecified atom stereocenters. The van der Waals surface area contributed by atoms with Crippen molar-refractivity contribution in [2.24, 2.45) is 0 Å². The topological polar surface area (TPSA) is 61.4 Å². The van der Waals surface area contributed by atoms with Gasteiger partial charge in [-0.1, -0.05) is 30.3 Å². The second-order valence-corrected chi connectivity index (χ2v) is 5.15. The zero-order chi connectivity index (χ0) is 16.2. The van der Waals surface area contributed by atoms with Crippen molar-refractivity contribution in [1.82, 2.24) is 5.43 Å². The van der Waals surface area contributed by atoms with Gasteiger partial charge in [-0.15, -0.1) is 0 Å². The molecule has 0 aromatic heterocycles. The Hall–Kier alpha value is -2.47. The average molecular weight is 306 g/mol. The summed E-state index contributed by atoms with van der Waals surface area (Å²) in [5.74, 6) is -2.03. The van der Waals surface area contributed by atoms with E-state index in [0.717, 1.165) is 18.2 Å². The van der Waals surface area contributed by atoms with Crippen molar-refractivity contribution < 1.29 is 18.7 Å². The Balaban J connectivity index is 1.95. The zero-order valence-corrected chi connectivity index (χ0v) is 11.9. The maximum Gasteiger partial charge on any atom is 0.241 e. The first-order valence-electron chi connectivity index (χ1n) is 6.66. The summed E-state index contributed by atoms with van der Waals surface area (Å²) in [7, 11) is 0. The molecule has 3 N–H and O–H groups in total. The molecule has 0 aliphatic rings. The highest BCUT2D eigenvalue weighted by atomic mass is 19.1. The van der Waals surface area contributed by atoms with Gasteiger partial charge in [0.15, 0.2) is 0 Å². The summed E-state index contributed by atoms with van der Waals surface area (Å²) in [4.78, 5) is 11.9. The van der Waals surface area contributed by atoms with Crippen LogP contribution in [0.3, 0.4) is 0 Å². The van der Waals surface area contributed by atoms with Gasteiger partial charge in [0, 0.05) is 6.07 Å². The van der Waals surface area contributed by atoms with Crippen LogP contribution in [0.15, 0.2) is 48.5 Å². The first-order valence-corrected chi connectivity index (χ1v) is 6.66. The number of carbonyl (C=O) groups is 1. The molecule has 0 saturated carbocycles. The Morgan fingerprint density at radius 1 is 1.14 bits per heavy atom. The summed E-state index contributed by atoms with van der Waals surface area (Å²) in [6, 6.07) is 11.6. The Kier molecular flexibility index (Phi) is 4.72. The Morgan fingerprint density at radius 3 is 2.32 bits per heavy atom. The highest BCUT2D eigenvalue weighted by Gasteiger charge is 2.26. The molecule has 2 aromatic carbocycles. The van der Waals surface area contributed by atoms with Crippen molar-refractivity contribution in [2.75, 3.05) is 5.43 Å². The molecule has 0 spiro atoms. The first kappa shape index (κ1) is 15.9. The molecule has 1 amide bonds. The molecule has 0 saturated heterocycles. The van der Waals surface area contributed by atoms with E-state index in [4.69, 9.17) is 0 Å². The zero-order valence-electron chi connectivity index (χ0n) is 11.9. The lowest BCUT2D eigenvalue weighted by Gasteiger charge is -2.23. The van der Waals surface area contributed by atoms with Crippen molar-refractivity contribution in [3.63, 3.8) is 0 Å². The average Bonchev–Trinajstić information content (AvgIpc) is 2.45. The third-order valence-electron chi connectivity index (χ3n) is 3.11. The second kappa shape index (κ2) is 6.53. The molecular weight excluding hydrogens is 290 g/mol. The smallest absolute Gasteiger partial charge is 0.241 e. The minimum atomic E-state index is -1.35. The van der Waals surface area contributed by atoms with Crippen molar-refractivity contribution in [2.45, 2.75) is 18.9 Å². The minimum absolute atomic E-state index is 0.0743. The summed E-state index contributed by atoms with van der Waals surface area (Å²) in [6.45, 7) is 1.52. The van der Waals surface area contributed by atoms with Crippen LogP contribution in [0.4, 0.5) is 14.5 Å². The number of rotatable bonds is 5. The van der Waals surface area contributed by atoms with E-state index < -0.39 is 23.1 Å². The van der Waals surface area contributed by atoms with Gasteiger partial charge < -0.3 is 5.11 Å². The predicted molar refractivity (Wildman–Crippen MR) is 78.8 cm³/mol. The summed E-state index contributed by atoms with van der Waals surface area (Å²) in [6.07, 6.45) is -0.207. The minimum Gasteiger partial charge on any atom is -0.385 e. The van der Waals surface area contributed by atoms with Gasteiger partial charge in [-0.2, -0.15) is 0 Å². The number of hydrogen-bond donors (Lipinski definition) is 3. The summed E-state index contributed by atoms with van der Waals surface area (Å²) in [5, 5.41) is 10.3. The van der Waals surface area contributed by atoms with Crippen LogP contribution in [-0.4, -0.2) is 11.0 Å². The summed E-state index contributed by atoms with van der Waals surface area (Å²) < 4.78 is 26.0. The quantitative estimate of drug-likeness (QED) is 0.744. The molecule has 0 aliphatic carbocycles. The SMILES string of the molecule is CC(O)(CC(=O)NNc1cc(F)cc(F)c1)c1ccccc1. The number of anilines is 1. The fraction of sp³-hybridized carbons (Fsp3) is 0.188. The second-order valence-electron chi connectivity index (χ2n) is 5.15. The number of hydrazine groups is 1. The number of nitrogens with one attached hydrogen (secondary N) is 2. The molecule has 2 aromatic rings. The molecule has 0 radical (unpaired) electrons. The van der Waals surface area contributed by atoms with Crippen LogP contribution in [-0.2, 0) is 10.4 Å². The standard InChI is InChI=1S/C16H16F2N2O2/c1-16(22,11-5-3-2-4-6-11)10-15(21)20-19-14-8-12(17)7-13(18)9-14/h2-9,19,22H,10H2,1H3,(H,20,21). The van der Waals surface area contributed by atoms with Gasteiger partial charge in [0.25, 0.3) is 0 Å². The monoisotopic (exact) mass is 306 g/mol. The number of aliphatic hydroxyl groups is 1. The van der Waals surface area contributed by atoms with Crippen LogP contribution in [0.1, 0.15) is 18.9 Å². The van der Waals surface area contributed by atoms with E-state index in [1.807, 2.05) is 0 Å². The van der Waals surface area contributed by atoms with E-state index >= 15 is 0 Å². The fourth-order valence-electron chi connectivity index (χ4n) is 2.02. The number of benzene rings is 2. The van der Waals surface area contributed by atoms with E-state index in [1.54, 1.807) is 30.3 Å². The maximum absolute atomic E-state index is 13.0. The van der Waals surface area contributed by atoms with Crippen LogP contribution >= 0.6 is 0 Å². The lowest BCUT2D eigenvalue weighted by molar-refractivity contribution is -0.125. The molecule has 0 bridgehead atoms. The largest absolute Gasteiger partial charge is 0.385 e. The predicted octanol–water partition coefficient (Wildman–Crippen LogP) is 2.71. The van der Waals surface area contributed by atoms with Crippen LogP contribution in [0, 0.1) is 11.6 Å². The lowest BCUT2D eigenvalue weighted by Crippen LogP contribution is -2.35. The molecule has 4 nitrogen and oxygen atoms in total. The van der Waals surface area contributed by atoms with E-state index in [-0.39, 0.29) is 12.1 Å². The van der Waals surface area contributed by atoms with Crippen molar-refractivity contribution in [3.8, 4) is 0 Å². The summed E-state index contributed by atoms with van der Waals surface area (Å²) >= 11 is 0. The molecule has 116 valence electrons. The van der Waals surface area contributed by atoms with Gasteiger partial charge in [0.2, 0.25) is 5.91 Å². The van der Waals surface area contributed by atoms with Gasteiger partial charge in [0.1, 0.15) is 11.6 Å². The van der Waals surface area contributed by atoms with E-state index in [9.17, 15) is 18.7 Å². The fourth-order valence-corrected chi connectivity index (χ4v) is 2.02. The van der Waals surface area contributed by atoms with Crippen LogP contribution in [0.5, 0.6) is 0 Å². The molecule has 0 heterocycles. The van der Waals surface area contributed by atoms with Crippen molar-refractivity contribution >= 4 is 11.6 Å². The molecule has 22 heavy (non-hydrogen) atoms. The van der Waals surface area contributed by atoms with Gasteiger partial charge in [0.05, 0.1) is 17.7 Å². The molecule has 2 rings (SSSR count). The highest BCUT2D eigenvalue weighted by Crippen LogP contribution is 2.23. The van der Waals surface area contributed by atoms with Crippen LogP contribution < -0.4 is 10.9 Å². The van der Waals surface area contributed by atoms with Gasteiger partial charge in [-0.05, 0) is 24.6 Å². The first-order chi connectivity index (χ1) is 10.4. The van der Waals surface area contributed by atoms with E-state index in [0.29, 0.717) is 5.56 Å². The maximum atomic E-state index is 13.0. The highest BCUT2D eigenvalue weighted by molar-refractivity contribution is 5.78. The lowest BCUT2D eigenvalue weighted by atomic mass is 9.92. The van der Waals surface area contributed by atoms with E-state index in [2.05, 4.69) is 10.9 Å². The third kappa shape index (κ3) is 4.26. The number of amides is 1. The molecule has 1 atom stereocenters. The summed E-state index contributed by atoms with van der Waals surface area (Å²) in [5.41, 5.74) is 4.03. The normalized spacial score (nSPS) is 13.3. The van der Waals surface area contributed by atoms with Gasteiger partial charge in [-0.3, -0.25) is 15.6 Å². The van der Waals surface area contributed by atoms with E-state index in [1.165, 1.54) is 6.92 Å².